The van der Waals surface area contributed by atoms with Crippen molar-refractivity contribution in [3.8, 4) is 0 Å². The molecule has 0 heterocycles. The predicted octanol–water partition coefficient (Wildman–Crippen LogP) is 2.96. The number of rotatable bonds is 1. The molecule has 0 aromatic heterocycles. The zero-order chi connectivity index (χ0) is 6.53. The predicted molar refractivity (Wildman–Crippen MR) is 41.1 cm³/mol. The van der Waals surface area contributed by atoms with Crippen molar-refractivity contribution in [1.29, 1.82) is 0 Å². The summed E-state index contributed by atoms with van der Waals surface area (Å²) in [5.41, 5.74) is 0. The van der Waals surface area contributed by atoms with E-state index in [9.17, 15) is 0 Å². The van der Waals surface area contributed by atoms with Crippen molar-refractivity contribution >= 4 is 0 Å². The lowest BCUT2D eigenvalue weighted by Gasteiger charge is -2.07. The summed E-state index contributed by atoms with van der Waals surface area (Å²) in [4.78, 5) is 0. The summed E-state index contributed by atoms with van der Waals surface area (Å²) >= 11 is 0. The minimum absolute atomic E-state index is 0.865. The Morgan fingerprint density at radius 2 is 2.33 bits per heavy atom. The van der Waals surface area contributed by atoms with Crippen LogP contribution in [0.15, 0.2) is 12.2 Å². The first-order valence-corrected chi connectivity index (χ1v) is 3.88. The Labute approximate surface area is 58.0 Å². The fourth-order valence-corrected chi connectivity index (χ4v) is 1.31. The summed E-state index contributed by atoms with van der Waals surface area (Å²) in [7, 11) is 0. The first-order valence-electron chi connectivity index (χ1n) is 3.88. The fraction of sp³-hybridized carbons (Fsp3) is 0.667. The van der Waals surface area contributed by atoms with Gasteiger partial charge in [-0.15, -0.1) is 0 Å². The van der Waals surface area contributed by atoms with Crippen molar-refractivity contribution in [3.63, 3.8) is 0 Å². The molecule has 0 nitrogen and oxygen atoms in total. The fourth-order valence-electron chi connectivity index (χ4n) is 1.31. The SMILES string of the molecule is C[CH]C1CC=CCCC1. The summed E-state index contributed by atoms with van der Waals surface area (Å²) in [6.07, 6.45) is 12.3. The second-order valence-corrected chi connectivity index (χ2v) is 2.73. The second-order valence-electron chi connectivity index (χ2n) is 2.73. The van der Waals surface area contributed by atoms with Gasteiger partial charge in [0.25, 0.3) is 0 Å². The lowest BCUT2D eigenvalue weighted by Crippen LogP contribution is -1.94. The molecule has 1 aliphatic carbocycles. The van der Waals surface area contributed by atoms with Gasteiger partial charge in [0.05, 0.1) is 0 Å². The number of hydrogen-bond acceptors (Lipinski definition) is 0. The van der Waals surface area contributed by atoms with Gasteiger partial charge in [-0.25, -0.2) is 0 Å². The van der Waals surface area contributed by atoms with Crippen molar-refractivity contribution in [2.75, 3.05) is 0 Å². The van der Waals surface area contributed by atoms with Gasteiger partial charge in [0.1, 0.15) is 0 Å². The number of hydrogen-bond donors (Lipinski definition) is 0. The average molecular weight is 123 g/mol. The second kappa shape index (κ2) is 3.71. The third-order valence-electron chi connectivity index (χ3n) is 2.02. The lowest BCUT2D eigenvalue weighted by atomic mass is 9.98. The molecule has 0 amide bonds. The van der Waals surface area contributed by atoms with Crippen LogP contribution in [0.1, 0.15) is 32.6 Å². The van der Waals surface area contributed by atoms with Gasteiger partial charge in [0.2, 0.25) is 0 Å². The van der Waals surface area contributed by atoms with E-state index in [0.717, 1.165) is 5.92 Å². The molecule has 0 N–H and O–H groups in total. The average Bonchev–Trinajstić information content (AvgIpc) is 2.13. The molecule has 1 rings (SSSR count). The molecule has 0 aliphatic heterocycles. The van der Waals surface area contributed by atoms with Gasteiger partial charge < -0.3 is 0 Å². The van der Waals surface area contributed by atoms with Crippen LogP contribution in [0, 0.1) is 12.3 Å². The van der Waals surface area contributed by atoms with Gasteiger partial charge >= 0.3 is 0 Å². The van der Waals surface area contributed by atoms with E-state index >= 15 is 0 Å². The Morgan fingerprint density at radius 1 is 1.44 bits per heavy atom. The zero-order valence-electron chi connectivity index (χ0n) is 6.14. The monoisotopic (exact) mass is 123 g/mol. The maximum Gasteiger partial charge on any atom is -0.0320 e. The van der Waals surface area contributed by atoms with E-state index in [0.29, 0.717) is 0 Å². The van der Waals surface area contributed by atoms with Gasteiger partial charge in [-0.3, -0.25) is 0 Å². The molecular weight excluding hydrogens is 108 g/mol. The quantitative estimate of drug-likeness (QED) is 0.470. The molecule has 1 radical (unpaired) electrons. The van der Waals surface area contributed by atoms with Gasteiger partial charge in [0.15, 0.2) is 0 Å². The molecule has 51 valence electrons. The molecular formula is C9H15. The van der Waals surface area contributed by atoms with Crippen LogP contribution in [0.25, 0.3) is 0 Å². The maximum atomic E-state index is 2.33. The maximum absolute atomic E-state index is 2.33. The smallest absolute Gasteiger partial charge is 0.0320 e. The van der Waals surface area contributed by atoms with Crippen LogP contribution in [0.3, 0.4) is 0 Å². The summed E-state index contributed by atoms with van der Waals surface area (Å²) in [5, 5.41) is 0. The molecule has 0 fully saturated rings. The summed E-state index contributed by atoms with van der Waals surface area (Å²) in [6, 6.07) is 0. The van der Waals surface area contributed by atoms with E-state index < -0.39 is 0 Å². The molecule has 0 saturated carbocycles. The molecule has 0 bridgehead atoms. The molecule has 1 unspecified atom stereocenters. The Hall–Kier alpha value is -0.260. The summed E-state index contributed by atoms with van der Waals surface area (Å²) in [5.74, 6) is 0.865. The van der Waals surface area contributed by atoms with E-state index in [-0.39, 0.29) is 0 Å². The lowest BCUT2D eigenvalue weighted by molar-refractivity contribution is 0.552. The van der Waals surface area contributed by atoms with E-state index in [1.54, 1.807) is 0 Å². The van der Waals surface area contributed by atoms with Crippen LogP contribution in [0.4, 0.5) is 0 Å². The van der Waals surface area contributed by atoms with Crippen molar-refractivity contribution in [2.24, 2.45) is 5.92 Å². The Balaban J connectivity index is 2.29. The molecule has 0 aromatic carbocycles. The topological polar surface area (TPSA) is 0 Å². The highest BCUT2D eigenvalue weighted by molar-refractivity contribution is 4.90. The van der Waals surface area contributed by atoms with E-state index in [1.165, 1.54) is 25.7 Å². The molecule has 0 saturated heterocycles. The van der Waals surface area contributed by atoms with Crippen LogP contribution >= 0.6 is 0 Å². The van der Waals surface area contributed by atoms with Crippen molar-refractivity contribution in [3.05, 3.63) is 18.6 Å². The standard InChI is InChI=1S/C9H15/c1-2-9-7-5-3-4-6-8-9/h2-3,5,9H,4,6-8H2,1H3. The van der Waals surface area contributed by atoms with Gasteiger partial charge in [-0.1, -0.05) is 19.1 Å². The third kappa shape index (κ3) is 2.21. The largest absolute Gasteiger partial charge is 0.0885 e. The minimum Gasteiger partial charge on any atom is -0.0885 e. The van der Waals surface area contributed by atoms with E-state index in [2.05, 4.69) is 25.5 Å². The highest BCUT2D eigenvalue weighted by Crippen LogP contribution is 2.19. The third-order valence-corrected chi connectivity index (χ3v) is 2.02. The van der Waals surface area contributed by atoms with Crippen molar-refractivity contribution in [2.45, 2.75) is 32.6 Å². The molecule has 1 atom stereocenters. The molecule has 0 aromatic rings. The Kier molecular flexibility index (Phi) is 2.82. The van der Waals surface area contributed by atoms with E-state index in [1.807, 2.05) is 0 Å². The summed E-state index contributed by atoms with van der Waals surface area (Å²) < 4.78 is 0. The zero-order valence-corrected chi connectivity index (χ0v) is 6.14. The molecule has 1 aliphatic rings. The Morgan fingerprint density at radius 3 is 3.11 bits per heavy atom. The normalized spacial score (nSPS) is 27.9. The highest BCUT2D eigenvalue weighted by Gasteiger charge is 2.05. The van der Waals surface area contributed by atoms with Crippen molar-refractivity contribution in [1.82, 2.24) is 0 Å². The number of allylic oxidation sites excluding steroid dienone is 2. The molecule has 9 heavy (non-hydrogen) atoms. The van der Waals surface area contributed by atoms with Gasteiger partial charge in [-0.2, -0.15) is 0 Å². The molecule has 0 spiro atoms. The van der Waals surface area contributed by atoms with Gasteiger partial charge in [-0.05, 0) is 38.0 Å². The van der Waals surface area contributed by atoms with Crippen LogP contribution in [0.5, 0.6) is 0 Å². The first kappa shape index (κ1) is 6.85. The van der Waals surface area contributed by atoms with Crippen molar-refractivity contribution < 1.29 is 0 Å². The first-order chi connectivity index (χ1) is 4.43. The van der Waals surface area contributed by atoms with Crippen LogP contribution in [0.2, 0.25) is 0 Å². The summed E-state index contributed by atoms with van der Waals surface area (Å²) in [6.45, 7) is 2.17. The van der Waals surface area contributed by atoms with E-state index in [4.69, 9.17) is 0 Å². The minimum atomic E-state index is 0.865. The van der Waals surface area contributed by atoms with Crippen LogP contribution < -0.4 is 0 Å². The molecule has 0 heteroatoms. The Bertz CT molecular complexity index is 92.2. The van der Waals surface area contributed by atoms with Gasteiger partial charge in [0, 0.05) is 0 Å². The van der Waals surface area contributed by atoms with Crippen LogP contribution in [-0.4, -0.2) is 0 Å². The highest BCUT2D eigenvalue weighted by atomic mass is 14.1. The van der Waals surface area contributed by atoms with Crippen LogP contribution in [-0.2, 0) is 0 Å².